The van der Waals surface area contributed by atoms with Gasteiger partial charge in [0.25, 0.3) is 0 Å². The molecule has 3 unspecified atom stereocenters. The largest absolute Gasteiger partial charge is 0.497 e. The summed E-state index contributed by atoms with van der Waals surface area (Å²) in [5.41, 5.74) is -2.86. The molecule has 1 aliphatic heterocycles. The Morgan fingerprint density at radius 2 is 2.14 bits per heavy atom. The monoisotopic (exact) mass is 391 g/mol. The molecule has 0 amide bonds. The quantitative estimate of drug-likeness (QED) is 0.741. The maximum Gasteiger partial charge on any atom is 0.341 e. The lowest BCUT2D eigenvalue weighted by Crippen LogP contribution is -2.64. The lowest BCUT2D eigenvalue weighted by atomic mass is 9.88. The molecule has 0 aromatic carbocycles. The van der Waals surface area contributed by atoms with E-state index in [0.29, 0.717) is 24.2 Å². The molecule has 3 atom stereocenters. The van der Waals surface area contributed by atoms with Crippen LogP contribution in [-0.4, -0.2) is 65.0 Å². The molecule has 0 bridgehead atoms. The highest BCUT2D eigenvalue weighted by molar-refractivity contribution is 5.87. The van der Waals surface area contributed by atoms with E-state index in [4.69, 9.17) is 4.74 Å². The molecule has 3 aliphatic rings. The summed E-state index contributed by atoms with van der Waals surface area (Å²) in [5, 5.41) is 13.4. The average Bonchev–Trinajstić information content (AvgIpc) is 3.45. The van der Waals surface area contributed by atoms with Crippen LogP contribution in [0, 0.1) is 0 Å². The molecule has 2 heterocycles. The van der Waals surface area contributed by atoms with Gasteiger partial charge in [-0.05, 0) is 32.8 Å². The molecule has 8 heteroatoms. The molecular weight excluding hydrogens is 365 g/mol. The van der Waals surface area contributed by atoms with Crippen LogP contribution in [0.5, 0.6) is 0 Å². The summed E-state index contributed by atoms with van der Waals surface area (Å²) < 4.78 is 23.4. The Labute approximate surface area is 162 Å². The maximum absolute atomic E-state index is 15.9. The van der Waals surface area contributed by atoms with Gasteiger partial charge in [0.2, 0.25) is 5.43 Å². The number of pyridine rings is 1. The highest BCUT2D eigenvalue weighted by Gasteiger charge is 2.45. The summed E-state index contributed by atoms with van der Waals surface area (Å²) in [6.07, 6.45) is 4.49. The van der Waals surface area contributed by atoms with Crippen LogP contribution in [-0.2, 0) is 4.74 Å². The van der Waals surface area contributed by atoms with Crippen LogP contribution in [0.15, 0.2) is 11.0 Å². The number of alkyl halides is 1. The van der Waals surface area contributed by atoms with E-state index in [0.717, 1.165) is 19.4 Å². The number of carboxylic acid groups (broad SMARTS) is 1. The van der Waals surface area contributed by atoms with Gasteiger partial charge in [-0.25, -0.2) is 9.18 Å². The van der Waals surface area contributed by atoms with Crippen molar-refractivity contribution in [1.82, 2.24) is 14.8 Å². The number of ether oxygens (including phenoxy) is 1. The number of hydrogen-bond acceptors (Lipinski definition) is 5. The molecule has 1 aromatic heterocycles. The van der Waals surface area contributed by atoms with Crippen molar-refractivity contribution >= 4 is 17.8 Å². The zero-order valence-corrected chi connectivity index (χ0v) is 16.4. The van der Waals surface area contributed by atoms with Gasteiger partial charge in [0.15, 0.2) is 0 Å². The van der Waals surface area contributed by atoms with Crippen molar-refractivity contribution in [3.63, 3.8) is 0 Å². The zero-order valence-electron chi connectivity index (χ0n) is 16.4. The van der Waals surface area contributed by atoms with E-state index >= 15 is 4.39 Å². The molecule has 1 saturated carbocycles. The fourth-order valence-corrected chi connectivity index (χ4v) is 4.52. The number of fused-ring (bicyclic) bond motifs is 1. The van der Waals surface area contributed by atoms with E-state index in [9.17, 15) is 14.7 Å². The van der Waals surface area contributed by atoms with Gasteiger partial charge in [0, 0.05) is 43.1 Å². The van der Waals surface area contributed by atoms with Gasteiger partial charge in [0.1, 0.15) is 23.0 Å². The number of nitrogens with zero attached hydrogens (tertiary/aromatic N) is 2. The number of rotatable bonds is 4. The minimum absolute atomic E-state index is 0.0908. The van der Waals surface area contributed by atoms with E-state index in [2.05, 4.69) is 5.32 Å². The first-order valence-electron chi connectivity index (χ1n) is 9.70. The second-order valence-corrected chi connectivity index (χ2v) is 8.19. The number of methoxy groups -OCH3 is 1. The summed E-state index contributed by atoms with van der Waals surface area (Å²) in [6, 6.07) is -0.351. The second-order valence-electron chi connectivity index (χ2n) is 8.19. The fraction of sp³-hybridized carbons (Fsp3) is 0.600. The van der Waals surface area contributed by atoms with Gasteiger partial charge in [0.05, 0.1) is 12.5 Å². The smallest absolute Gasteiger partial charge is 0.341 e. The van der Waals surface area contributed by atoms with Crippen LogP contribution in [0.3, 0.4) is 0 Å². The zero-order chi connectivity index (χ0) is 20.2. The Morgan fingerprint density at radius 3 is 2.71 bits per heavy atom. The second kappa shape index (κ2) is 6.70. The number of carboxylic acids is 1. The summed E-state index contributed by atoms with van der Waals surface area (Å²) in [5.74, 6) is -0.897. The summed E-state index contributed by atoms with van der Waals surface area (Å²) in [6.45, 7) is 5.53. The first-order valence-corrected chi connectivity index (χ1v) is 9.70. The molecule has 7 nitrogen and oxygen atoms in total. The van der Waals surface area contributed by atoms with Gasteiger partial charge in [-0.2, -0.15) is 0 Å². The van der Waals surface area contributed by atoms with Crippen LogP contribution in [0.2, 0.25) is 0 Å². The minimum Gasteiger partial charge on any atom is -0.497 e. The normalized spacial score (nSPS) is 30.5. The molecule has 0 spiro atoms. The number of aromatic nitrogens is 1. The SMILES string of the molecule is COC1=c2c(c(=O)c(C(=O)O)cn2C2CC2)=CC(C)(F)C1N1CCNC(C)C1. The topological polar surface area (TPSA) is 83.8 Å². The van der Waals surface area contributed by atoms with E-state index in [1.54, 1.807) is 0 Å². The van der Waals surface area contributed by atoms with Crippen molar-refractivity contribution in [2.75, 3.05) is 26.7 Å². The number of carbonyl (C=O) groups is 1. The van der Waals surface area contributed by atoms with Crippen LogP contribution in [0.25, 0.3) is 11.8 Å². The van der Waals surface area contributed by atoms with E-state index in [1.165, 1.54) is 26.3 Å². The molecule has 0 radical (unpaired) electrons. The number of halogens is 1. The van der Waals surface area contributed by atoms with Crippen molar-refractivity contribution < 1.29 is 19.0 Å². The third kappa shape index (κ3) is 3.04. The van der Waals surface area contributed by atoms with Crippen molar-refractivity contribution in [1.29, 1.82) is 0 Å². The highest BCUT2D eigenvalue weighted by Crippen LogP contribution is 2.35. The summed E-state index contributed by atoms with van der Waals surface area (Å²) in [4.78, 5) is 26.5. The van der Waals surface area contributed by atoms with Crippen LogP contribution >= 0.6 is 0 Å². The van der Waals surface area contributed by atoms with Crippen LogP contribution in [0.4, 0.5) is 4.39 Å². The predicted molar refractivity (Wildman–Crippen MR) is 102 cm³/mol. The van der Waals surface area contributed by atoms with Crippen molar-refractivity contribution in [2.24, 2.45) is 0 Å². The average molecular weight is 391 g/mol. The van der Waals surface area contributed by atoms with Gasteiger partial charge >= 0.3 is 5.97 Å². The fourth-order valence-electron chi connectivity index (χ4n) is 4.52. The third-order valence-electron chi connectivity index (χ3n) is 5.87. The van der Waals surface area contributed by atoms with Gasteiger partial charge in [-0.15, -0.1) is 0 Å². The van der Waals surface area contributed by atoms with Gasteiger partial charge in [-0.3, -0.25) is 9.69 Å². The van der Waals surface area contributed by atoms with Crippen molar-refractivity contribution in [3.8, 4) is 0 Å². The van der Waals surface area contributed by atoms with Gasteiger partial charge < -0.3 is 19.7 Å². The molecule has 1 aromatic rings. The Kier molecular flexibility index (Phi) is 4.58. The summed E-state index contributed by atoms with van der Waals surface area (Å²) >= 11 is 0. The molecule has 152 valence electrons. The molecule has 4 rings (SSSR count). The van der Waals surface area contributed by atoms with Crippen LogP contribution < -0.4 is 21.3 Å². The van der Waals surface area contributed by atoms with Gasteiger partial charge in [-0.1, -0.05) is 0 Å². The number of piperazine rings is 1. The minimum atomic E-state index is -1.87. The summed E-state index contributed by atoms with van der Waals surface area (Å²) in [7, 11) is 1.49. The predicted octanol–water partition coefficient (Wildman–Crippen LogP) is -0.179. The first kappa shape index (κ1) is 19.1. The number of aromatic carboxylic acids is 1. The standard InChI is InChI=1S/C20H26FN3O4/c1-11-9-23(7-6-22-11)18-17(28-3)15-13(8-20(18,2)21)16(25)14(19(26)27)10-24(15)12-4-5-12/h8,10-12,18,22H,4-7,9H2,1-3H3,(H,26,27). The molecule has 2 N–H and O–H groups in total. The first-order chi connectivity index (χ1) is 13.2. The Balaban J connectivity index is 2.03. The Bertz CT molecular complexity index is 996. The third-order valence-corrected chi connectivity index (χ3v) is 5.87. The van der Waals surface area contributed by atoms with E-state index in [1.807, 2.05) is 16.4 Å². The lowest BCUT2D eigenvalue weighted by molar-refractivity contribution is 0.0681. The lowest BCUT2D eigenvalue weighted by Gasteiger charge is -2.43. The molecular formula is C20H26FN3O4. The number of hydrogen-bond donors (Lipinski definition) is 2. The Hall–Kier alpha value is -2.19. The molecule has 1 saturated heterocycles. The van der Waals surface area contributed by atoms with Crippen LogP contribution in [0.1, 0.15) is 43.1 Å². The van der Waals surface area contributed by atoms with Crippen molar-refractivity contribution in [3.05, 3.63) is 32.6 Å². The molecule has 28 heavy (non-hydrogen) atoms. The highest BCUT2D eigenvalue weighted by atomic mass is 19.1. The molecule has 2 fully saturated rings. The van der Waals surface area contributed by atoms with E-state index in [-0.39, 0.29) is 22.9 Å². The van der Waals surface area contributed by atoms with Crippen molar-refractivity contribution in [2.45, 2.75) is 50.5 Å². The maximum atomic E-state index is 15.9. The Morgan fingerprint density at radius 1 is 1.43 bits per heavy atom. The number of nitrogens with one attached hydrogen (secondary N) is 1. The van der Waals surface area contributed by atoms with E-state index < -0.39 is 23.1 Å². The molecule has 2 aliphatic carbocycles.